The maximum atomic E-state index is 11.1. The summed E-state index contributed by atoms with van der Waals surface area (Å²) in [5.41, 5.74) is 0. The summed E-state index contributed by atoms with van der Waals surface area (Å²) in [5.74, 6) is 0.410. The van der Waals surface area contributed by atoms with E-state index in [0.717, 1.165) is 6.54 Å². The van der Waals surface area contributed by atoms with Gasteiger partial charge in [0, 0.05) is 13.6 Å². The summed E-state index contributed by atoms with van der Waals surface area (Å²) < 4.78 is 9.66. The first-order chi connectivity index (χ1) is 7.17. The van der Waals surface area contributed by atoms with Crippen LogP contribution in [-0.2, 0) is 16.0 Å². The Bertz CT molecular complexity index is 324. The average molecular weight is 213 g/mol. The Morgan fingerprint density at radius 1 is 1.53 bits per heavy atom. The van der Waals surface area contributed by atoms with Crippen LogP contribution in [0.25, 0.3) is 0 Å². The molecule has 84 valence electrons. The number of nitrogens with zero attached hydrogens (tertiary/aromatic N) is 3. The van der Waals surface area contributed by atoms with Gasteiger partial charge < -0.3 is 14.2 Å². The fraction of sp³-hybridized carbons (Fsp3) is 0.667. The molecule has 0 N–H and O–H groups in total. The standard InChI is InChI=1S/C9H15N3O3/c1-4-12(3)9-10-7(15-11-9)6-8(13)14-5-2/h4-6H2,1-3H3. The lowest BCUT2D eigenvalue weighted by Crippen LogP contribution is -2.17. The van der Waals surface area contributed by atoms with Crippen molar-refractivity contribution in [2.24, 2.45) is 0 Å². The Morgan fingerprint density at radius 2 is 2.27 bits per heavy atom. The largest absolute Gasteiger partial charge is 0.466 e. The molecule has 6 nitrogen and oxygen atoms in total. The van der Waals surface area contributed by atoms with Crippen LogP contribution in [-0.4, -0.2) is 36.3 Å². The first-order valence-corrected chi connectivity index (χ1v) is 4.86. The number of hydrogen-bond acceptors (Lipinski definition) is 6. The highest BCUT2D eigenvalue weighted by molar-refractivity contribution is 5.71. The Hall–Kier alpha value is -1.59. The molecule has 0 atom stereocenters. The molecule has 0 radical (unpaired) electrons. The van der Waals surface area contributed by atoms with Gasteiger partial charge in [0.05, 0.1) is 6.61 Å². The van der Waals surface area contributed by atoms with Crippen LogP contribution in [0.15, 0.2) is 4.52 Å². The van der Waals surface area contributed by atoms with E-state index >= 15 is 0 Å². The predicted molar refractivity (Wildman–Crippen MR) is 53.6 cm³/mol. The number of carbonyl (C=O) groups excluding carboxylic acids is 1. The van der Waals surface area contributed by atoms with Gasteiger partial charge in [-0.3, -0.25) is 4.79 Å². The maximum Gasteiger partial charge on any atom is 0.315 e. The van der Waals surface area contributed by atoms with E-state index in [0.29, 0.717) is 12.6 Å². The summed E-state index contributed by atoms with van der Waals surface area (Å²) in [5, 5.41) is 3.73. The molecule has 0 saturated carbocycles. The van der Waals surface area contributed by atoms with Gasteiger partial charge in [0.25, 0.3) is 5.95 Å². The number of anilines is 1. The summed E-state index contributed by atoms with van der Waals surface area (Å²) >= 11 is 0. The normalized spacial score (nSPS) is 10.1. The van der Waals surface area contributed by atoms with Crippen LogP contribution in [0.4, 0.5) is 5.95 Å². The lowest BCUT2D eigenvalue weighted by atomic mass is 10.4. The summed E-state index contributed by atoms with van der Waals surface area (Å²) in [6.07, 6.45) is 0.0262. The minimum atomic E-state index is -0.355. The summed E-state index contributed by atoms with van der Waals surface area (Å²) in [4.78, 5) is 17.0. The third-order valence-electron chi connectivity index (χ3n) is 1.87. The third-order valence-corrected chi connectivity index (χ3v) is 1.87. The zero-order valence-electron chi connectivity index (χ0n) is 9.19. The molecule has 0 aliphatic rings. The van der Waals surface area contributed by atoms with E-state index in [4.69, 9.17) is 9.26 Å². The molecular weight excluding hydrogens is 198 g/mol. The number of hydrogen-bond donors (Lipinski definition) is 0. The van der Waals surface area contributed by atoms with Crippen LogP contribution in [0.2, 0.25) is 0 Å². The molecular formula is C9H15N3O3. The monoisotopic (exact) mass is 213 g/mol. The van der Waals surface area contributed by atoms with Crippen LogP contribution < -0.4 is 4.90 Å². The number of aromatic nitrogens is 2. The maximum absolute atomic E-state index is 11.1. The number of ether oxygens (including phenoxy) is 1. The fourth-order valence-electron chi connectivity index (χ4n) is 0.950. The molecule has 0 saturated heterocycles. The molecule has 1 heterocycles. The van der Waals surface area contributed by atoms with E-state index in [-0.39, 0.29) is 18.3 Å². The van der Waals surface area contributed by atoms with Gasteiger partial charge in [0.2, 0.25) is 5.89 Å². The smallest absolute Gasteiger partial charge is 0.315 e. The molecule has 0 bridgehead atoms. The van der Waals surface area contributed by atoms with Crippen molar-refractivity contribution in [3.05, 3.63) is 5.89 Å². The molecule has 15 heavy (non-hydrogen) atoms. The molecule has 1 rings (SSSR count). The van der Waals surface area contributed by atoms with Gasteiger partial charge >= 0.3 is 5.97 Å². The SMILES string of the molecule is CCOC(=O)Cc1nc(N(C)CC)no1. The minimum Gasteiger partial charge on any atom is -0.466 e. The minimum absolute atomic E-state index is 0.0262. The van der Waals surface area contributed by atoms with Crippen LogP contribution in [0, 0.1) is 0 Å². The first kappa shape index (κ1) is 11.5. The summed E-state index contributed by atoms with van der Waals surface area (Å²) in [7, 11) is 1.85. The van der Waals surface area contributed by atoms with Crippen molar-refractivity contribution in [3.8, 4) is 0 Å². The Balaban J connectivity index is 2.56. The Kier molecular flexibility index (Phi) is 4.08. The van der Waals surface area contributed by atoms with Gasteiger partial charge in [0.15, 0.2) is 0 Å². The van der Waals surface area contributed by atoms with Crippen molar-refractivity contribution in [3.63, 3.8) is 0 Å². The van der Waals surface area contributed by atoms with Crippen molar-refractivity contribution in [1.29, 1.82) is 0 Å². The van der Waals surface area contributed by atoms with E-state index in [1.807, 2.05) is 18.9 Å². The summed E-state index contributed by atoms with van der Waals surface area (Å²) in [6.45, 7) is 4.86. The summed E-state index contributed by atoms with van der Waals surface area (Å²) in [6, 6.07) is 0. The molecule has 0 aromatic carbocycles. The topological polar surface area (TPSA) is 68.5 Å². The second kappa shape index (κ2) is 5.33. The molecule has 0 fully saturated rings. The molecule has 6 heteroatoms. The van der Waals surface area contributed by atoms with E-state index in [2.05, 4.69) is 10.1 Å². The molecule has 1 aromatic heterocycles. The van der Waals surface area contributed by atoms with E-state index in [1.54, 1.807) is 6.92 Å². The highest BCUT2D eigenvalue weighted by Gasteiger charge is 2.13. The third kappa shape index (κ3) is 3.23. The zero-order valence-corrected chi connectivity index (χ0v) is 9.19. The predicted octanol–water partition coefficient (Wildman–Crippen LogP) is 0.631. The first-order valence-electron chi connectivity index (χ1n) is 4.86. The molecule has 0 unspecified atom stereocenters. The van der Waals surface area contributed by atoms with Crippen molar-refractivity contribution in [1.82, 2.24) is 10.1 Å². The highest BCUT2D eigenvalue weighted by Crippen LogP contribution is 2.07. The molecule has 1 aromatic rings. The van der Waals surface area contributed by atoms with Crippen LogP contribution in [0.3, 0.4) is 0 Å². The molecule has 0 aliphatic carbocycles. The van der Waals surface area contributed by atoms with Gasteiger partial charge in [-0.1, -0.05) is 0 Å². The van der Waals surface area contributed by atoms with E-state index in [1.165, 1.54) is 0 Å². The highest BCUT2D eigenvalue weighted by atomic mass is 16.5. The van der Waals surface area contributed by atoms with Gasteiger partial charge in [-0.2, -0.15) is 4.98 Å². The number of rotatable bonds is 5. The second-order valence-electron chi connectivity index (χ2n) is 2.98. The van der Waals surface area contributed by atoms with Crippen LogP contribution >= 0.6 is 0 Å². The second-order valence-corrected chi connectivity index (χ2v) is 2.98. The van der Waals surface area contributed by atoms with Crippen molar-refractivity contribution in [2.75, 3.05) is 25.1 Å². The van der Waals surface area contributed by atoms with E-state index < -0.39 is 0 Å². The molecule has 0 aliphatic heterocycles. The molecule has 0 spiro atoms. The van der Waals surface area contributed by atoms with Gasteiger partial charge in [0.1, 0.15) is 6.42 Å². The molecule has 0 amide bonds. The van der Waals surface area contributed by atoms with Crippen molar-refractivity contribution < 1.29 is 14.1 Å². The number of carbonyl (C=O) groups is 1. The average Bonchev–Trinajstić information content (AvgIpc) is 2.65. The van der Waals surface area contributed by atoms with Crippen LogP contribution in [0.1, 0.15) is 19.7 Å². The van der Waals surface area contributed by atoms with Gasteiger partial charge in [-0.25, -0.2) is 0 Å². The quantitative estimate of drug-likeness (QED) is 0.668. The number of esters is 1. The Morgan fingerprint density at radius 3 is 2.87 bits per heavy atom. The lowest BCUT2D eigenvalue weighted by molar-refractivity contribution is -0.142. The van der Waals surface area contributed by atoms with E-state index in [9.17, 15) is 4.79 Å². The fourth-order valence-corrected chi connectivity index (χ4v) is 0.950. The lowest BCUT2D eigenvalue weighted by Gasteiger charge is -2.08. The van der Waals surface area contributed by atoms with Crippen molar-refractivity contribution >= 4 is 11.9 Å². The zero-order chi connectivity index (χ0) is 11.3. The Labute approximate surface area is 88.2 Å². The van der Waals surface area contributed by atoms with Crippen LogP contribution in [0.5, 0.6) is 0 Å². The van der Waals surface area contributed by atoms with Gasteiger partial charge in [-0.15, -0.1) is 0 Å². The van der Waals surface area contributed by atoms with Gasteiger partial charge in [-0.05, 0) is 19.0 Å². The van der Waals surface area contributed by atoms with Crippen molar-refractivity contribution in [2.45, 2.75) is 20.3 Å².